The van der Waals surface area contributed by atoms with Gasteiger partial charge in [-0.3, -0.25) is 4.99 Å². The molecule has 3 aromatic carbocycles. The van der Waals surface area contributed by atoms with E-state index in [0.717, 1.165) is 23.3 Å². The number of halogens is 4. The molecule has 0 fully saturated rings. The van der Waals surface area contributed by atoms with Crippen molar-refractivity contribution in [3.8, 4) is 5.75 Å². The summed E-state index contributed by atoms with van der Waals surface area (Å²) in [5.41, 5.74) is 1.66. The molecule has 3 aromatic rings. The molecule has 0 aliphatic carbocycles. The largest absolute Gasteiger partial charge is 0.489 e. The average Bonchev–Trinajstić information content (AvgIpc) is 2.61. The predicted molar refractivity (Wildman–Crippen MR) is 101 cm³/mol. The van der Waals surface area contributed by atoms with Crippen molar-refractivity contribution in [2.75, 3.05) is 0 Å². The standard InChI is InChI=1S/C20H13Cl2F2NO/c21-15-4-3-14(18(22)9-15)12-26-17-6-1-13(2-7-17)11-25-20-8-5-16(23)10-19(20)24/h1-11H,12H2/b25-11+. The van der Waals surface area contributed by atoms with Gasteiger partial charge in [0.15, 0.2) is 5.82 Å². The molecule has 0 spiro atoms. The van der Waals surface area contributed by atoms with E-state index < -0.39 is 11.6 Å². The van der Waals surface area contributed by atoms with Crippen LogP contribution in [0.25, 0.3) is 0 Å². The molecule has 0 saturated carbocycles. The number of ether oxygens (including phenoxy) is 1. The van der Waals surface area contributed by atoms with Crippen molar-refractivity contribution in [2.24, 2.45) is 4.99 Å². The van der Waals surface area contributed by atoms with Gasteiger partial charge in [-0.1, -0.05) is 29.3 Å². The SMILES string of the molecule is Fc1ccc(/N=C/c2ccc(OCc3ccc(Cl)cc3Cl)cc2)c(F)c1. The molecule has 0 aliphatic heterocycles. The molecule has 3 rings (SSSR count). The lowest BCUT2D eigenvalue weighted by atomic mass is 10.2. The maximum Gasteiger partial charge on any atom is 0.151 e. The van der Waals surface area contributed by atoms with Crippen LogP contribution in [0.5, 0.6) is 5.75 Å². The number of nitrogens with zero attached hydrogens (tertiary/aromatic N) is 1. The van der Waals surface area contributed by atoms with Crippen LogP contribution in [0.1, 0.15) is 11.1 Å². The number of rotatable bonds is 5. The van der Waals surface area contributed by atoms with Gasteiger partial charge >= 0.3 is 0 Å². The van der Waals surface area contributed by atoms with Crippen molar-refractivity contribution in [1.29, 1.82) is 0 Å². The van der Waals surface area contributed by atoms with E-state index in [4.69, 9.17) is 27.9 Å². The Balaban J connectivity index is 1.63. The Kier molecular flexibility index (Phi) is 5.86. The van der Waals surface area contributed by atoms with E-state index in [2.05, 4.69) is 4.99 Å². The Bertz CT molecular complexity index is 943. The summed E-state index contributed by atoms with van der Waals surface area (Å²) in [6.45, 7) is 0.310. The summed E-state index contributed by atoms with van der Waals surface area (Å²) < 4.78 is 32.1. The van der Waals surface area contributed by atoms with Gasteiger partial charge in [-0.2, -0.15) is 0 Å². The highest BCUT2D eigenvalue weighted by molar-refractivity contribution is 6.35. The highest BCUT2D eigenvalue weighted by Crippen LogP contribution is 2.23. The maximum absolute atomic E-state index is 13.5. The second-order valence-corrected chi connectivity index (χ2v) is 6.29. The van der Waals surface area contributed by atoms with Crippen LogP contribution < -0.4 is 4.74 Å². The molecule has 6 heteroatoms. The number of benzene rings is 3. The molecule has 2 nitrogen and oxygen atoms in total. The van der Waals surface area contributed by atoms with Crippen molar-refractivity contribution in [3.05, 3.63) is 93.5 Å². The van der Waals surface area contributed by atoms with Crippen LogP contribution in [-0.4, -0.2) is 6.21 Å². The summed E-state index contributed by atoms with van der Waals surface area (Å²) in [5.74, 6) is -0.689. The van der Waals surface area contributed by atoms with Gasteiger partial charge in [0.1, 0.15) is 18.2 Å². The highest BCUT2D eigenvalue weighted by Gasteiger charge is 2.03. The van der Waals surface area contributed by atoms with Crippen LogP contribution >= 0.6 is 23.2 Å². The fourth-order valence-corrected chi connectivity index (χ4v) is 2.64. The molecule has 0 unspecified atom stereocenters. The Morgan fingerprint density at radius 3 is 2.38 bits per heavy atom. The van der Waals surface area contributed by atoms with E-state index in [0.29, 0.717) is 22.4 Å². The Hall–Kier alpha value is -2.43. The summed E-state index contributed by atoms with van der Waals surface area (Å²) in [7, 11) is 0. The minimum atomic E-state index is -0.707. The maximum atomic E-state index is 13.5. The van der Waals surface area contributed by atoms with E-state index in [1.165, 1.54) is 12.3 Å². The zero-order valence-electron chi connectivity index (χ0n) is 13.4. The second kappa shape index (κ2) is 8.30. The van der Waals surface area contributed by atoms with Gasteiger partial charge < -0.3 is 4.74 Å². The van der Waals surface area contributed by atoms with Crippen LogP contribution in [0.3, 0.4) is 0 Å². The average molecular weight is 392 g/mol. The van der Waals surface area contributed by atoms with Crippen LogP contribution in [0.15, 0.2) is 65.7 Å². The van der Waals surface area contributed by atoms with Gasteiger partial charge in [-0.15, -0.1) is 0 Å². The third-order valence-corrected chi connectivity index (χ3v) is 4.14. The Morgan fingerprint density at radius 2 is 1.69 bits per heavy atom. The minimum absolute atomic E-state index is 0.0732. The Labute approximate surface area is 159 Å². The van der Waals surface area contributed by atoms with Gasteiger partial charge in [-0.25, -0.2) is 8.78 Å². The number of hydrogen-bond acceptors (Lipinski definition) is 2. The van der Waals surface area contributed by atoms with Crippen LogP contribution in [-0.2, 0) is 6.61 Å². The molecular formula is C20H13Cl2F2NO. The molecule has 0 atom stereocenters. The van der Waals surface area contributed by atoms with Gasteiger partial charge in [0, 0.05) is 27.9 Å². The third kappa shape index (κ3) is 4.81. The molecule has 0 bridgehead atoms. The topological polar surface area (TPSA) is 21.6 Å². The molecule has 0 saturated heterocycles. The summed E-state index contributed by atoms with van der Waals surface area (Å²) in [6, 6.07) is 15.6. The van der Waals surface area contributed by atoms with Crippen molar-refractivity contribution in [2.45, 2.75) is 6.61 Å². The zero-order chi connectivity index (χ0) is 18.5. The van der Waals surface area contributed by atoms with Crippen molar-refractivity contribution in [3.63, 3.8) is 0 Å². The summed E-state index contributed by atoms with van der Waals surface area (Å²) in [5, 5.41) is 1.11. The summed E-state index contributed by atoms with van der Waals surface area (Å²) in [4.78, 5) is 4.02. The van der Waals surface area contributed by atoms with E-state index in [9.17, 15) is 8.78 Å². The third-order valence-electron chi connectivity index (χ3n) is 3.55. The van der Waals surface area contributed by atoms with Crippen LogP contribution in [0, 0.1) is 11.6 Å². The van der Waals surface area contributed by atoms with Gasteiger partial charge in [0.25, 0.3) is 0 Å². The molecule has 0 heterocycles. The molecule has 0 amide bonds. The highest BCUT2D eigenvalue weighted by atomic mass is 35.5. The van der Waals surface area contributed by atoms with E-state index in [1.807, 2.05) is 6.07 Å². The summed E-state index contributed by atoms with van der Waals surface area (Å²) >= 11 is 12.0. The minimum Gasteiger partial charge on any atom is -0.489 e. The van der Waals surface area contributed by atoms with Gasteiger partial charge in [0.05, 0.1) is 5.69 Å². The van der Waals surface area contributed by atoms with Gasteiger partial charge in [0.2, 0.25) is 0 Å². The first-order valence-electron chi connectivity index (χ1n) is 7.67. The molecular weight excluding hydrogens is 379 g/mol. The first-order chi connectivity index (χ1) is 12.5. The molecule has 0 N–H and O–H groups in total. The molecule has 0 aromatic heterocycles. The lowest BCUT2D eigenvalue weighted by Gasteiger charge is -2.08. The first kappa shape index (κ1) is 18.4. The fraction of sp³-hybridized carbons (Fsp3) is 0.0500. The quantitative estimate of drug-likeness (QED) is 0.448. The van der Waals surface area contributed by atoms with E-state index in [-0.39, 0.29) is 5.69 Å². The van der Waals surface area contributed by atoms with E-state index in [1.54, 1.807) is 36.4 Å². The van der Waals surface area contributed by atoms with E-state index >= 15 is 0 Å². The van der Waals surface area contributed by atoms with Crippen molar-refractivity contribution >= 4 is 35.1 Å². The normalized spacial score (nSPS) is 11.1. The van der Waals surface area contributed by atoms with Crippen LogP contribution in [0.2, 0.25) is 10.0 Å². The second-order valence-electron chi connectivity index (χ2n) is 5.45. The van der Waals surface area contributed by atoms with Crippen LogP contribution in [0.4, 0.5) is 14.5 Å². The molecule has 0 radical (unpaired) electrons. The smallest absolute Gasteiger partial charge is 0.151 e. The van der Waals surface area contributed by atoms with Gasteiger partial charge in [-0.05, 0) is 54.1 Å². The predicted octanol–water partition coefficient (Wildman–Crippen LogP) is 6.60. The number of hydrogen-bond donors (Lipinski definition) is 0. The Morgan fingerprint density at radius 1 is 0.923 bits per heavy atom. The van der Waals surface area contributed by atoms with Crippen molar-refractivity contribution < 1.29 is 13.5 Å². The fourth-order valence-electron chi connectivity index (χ4n) is 2.18. The lowest BCUT2D eigenvalue weighted by molar-refractivity contribution is 0.306. The monoisotopic (exact) mass is 391 g/mol. The molecule has 132 valence electrons. The zero-order valence-corrected chi connectivity index (χ0v) is 14.9. The summed E-state index contributed by atoms with van der Waals surface area (Å²) in [6.07, 6.45) is 1.50. The number of aliphatic imine (C=N–C) groups is 1. The first-order valence-corrected chi connectivity index (χ1v) is 8.43. The lowest BCUT2D eigenvalue weighted by Crippen LogP contribution is -1.96. The van der Waals surface area contributed by atoms with Crippen molar-refractivity contribution in [1.82, 2.24) is 0 Å². The molecule has 26 heavy (non-hydrogen) atoms. The molecule has 0 aliphatic rings.